The number of rotatable bonds is 6. The van der Waals surface area contributed by atoms with Gasteiger partial charge in [-0.15, -0.1) is 0 Å². The third-order valence-electron chi connectivity index (χ3n) is 4.34. The first-order valence-corrected chi connectivity index (χ1v) is 9.34. The number of carbonyl (C=O) groups is 2. The summed E-state index contributed by atoms with van der Waals surface area (Å²) in [5.41, 5.74) is 2.19. The molecule has 0 spiro atoms. The van der Waals surface area contributed by atoms with Gasteiger partial charge in [-0.1, -0.05) is 35.9 Å². The maximum atomic E-state index is 12.7. The summed E-state index contributed by atoms with van der Waals surface area (Å²) in [7, 11) is 0. The van der Waals surface area contributed by atoms with Gasteiger partial charge in [0, 0.05) is 22.6 Å². The van der Waals surface area contributed by atoms with Crippen LogP contribution in [0.15, 0.2) is 54.6 Å². The Bertz CT molecular complexity index is 1110. The molecule has 29 heavy (non-hydrogen) atoms. The molecule has 0 fully saturated rings. The molecule has 1 amide bonds. The van der Waals surface area contributed by atoms with E-state index in [0.717, 1.165) is 10.9 Å². The van der Waals surface area contributed by atoms with Crippen LogP contribution in [0.2, 0.25) is 5.02 Å². The van der Waals surface area contributed by atoms with Crippen LogP contribution in [0.3, 0.4) is 0 Å². The quantitative estimate of drug-likeness (QED) is 0.569. The van der Waals surface area contributed by atoms with E-state index in [4.69, 9.17) is 21.6 Å². The highest BCUT2D eigenvalue weighted by molar-refractivity contribution is 6.31. The molecule has 146 valence electrons. The van der Waals surface area contributed by atoms with Gasteiger partial charge < -0.3 is 9.64 Å². The third-order valence-corrected chi connectivity index (χ3v) is 4.76. The van der Waals surface area contributed by atoms with Crippen molar-refractivity contribution >= 4 is 40.1 Å². The Hall–Kier alpha value is -3.43. The highest BCUT2D eigenvalue weighted by Gasteiger charge is 2.19. The van der Waals surface area contributed by atoms with Crippen LogP contribution >= 0.6 is 11.6 Å². The van der Waals surface area contributed by atoms with Crippen molar-refractivity contribution in [2.75, 3.05) is 18.1 Å². The summed E-state index contributed by atoms with van der Waals surface area (Å²) >= 11 is 6.05. The summed E-state index contributed by atoms with van der Waals surface area (Å²) < 4.78 is 5.17. The molecule has 3 rings (SSSR count). The van der Waals surface area contributed by atoms with E-state index in [0.29, 0.717) is 16.2 Å². The minimum absolute atomic E-state index is 0.127. The molecular weight excluding hydrogens is 390 g/mol. The molecular formula is C22H18ClN3O3. The number of benzene rings is 2. The molecule has 0 atom stereocenters. The number of aryl methyl sites for hydroxylation is 1. The third kappa shape index (κ3) is 4.89. The summed E-state index contributed by atoms with van der Waals surface area (Å²) in [5, 5.41) is 10.4. The predicted molar refractivity (Wildman–Crippen MR) is 111 cm³/mol. The lowest BCUT2D eigenvalue weighted by molar-refractivity contribution is -0.121. The molecule has 0 aliphatic rings. The normalized spacial score (nSPS) is 10.4. The first kappa shape index (κ1) is 20.3. The first-order chi connectivity index (χ1) is 14.0. The number of nitriles is 1. The lowest BCUT2D eigenvalue weighted by Gasteiger charge is -2.22. The van der Waals surface area contributed by atoms with Crippen molar-refractivity contribution in [1.29, 1.82) is 5.26 Å². The maximum absolute atomic E-state index is 12.7. The number of carbonyl (C=O) groups excluding carboxylic acids is 2. The highest BCUT2D eigenvalue weighted by Crippen LogP contribution is 2.23. The number of pyridine rings is 1. The van der Waals surface area contributed by atoms with Crippen LogP contribution in [0.5, 0.6) is 0 Å². The zero-order chi connectivity index (χ0) is 20.8. The van der Waals surface area contributed by atoms with Crippen molar-refractivity contribution in [1.82, 2.24) is 4.98 Å². The van der Waals surface area contributed by atoms with E-state index in [1.54, 1.807) is 36.4 Å². The molecule has 1 aromatic heterocycles. The molecule has 0 aliphatic heterocycles. The second kappa shape index (κ2) is 9.18. The number of anilines is 1. The van der Waals surface area contributed by atoms with Gasteiger partial charge in [-0.05, 0) is 42.8 Å². The minimum atomic E-state index is -0.684. The number of amides is 1. The number of halogens is 1. The molecule has 1 heterocycles. The number of fused-ring (bicyclic) bond motifs is 1. The molecule has 3 aromatic rings. The maximum Gasteiger partial charge on any atom is 0.357 e. The standard InChI is InChI=1S/C22H18ClN3O3/c1-15-13-17(8-9-18(15)23)26(12-4-11-24)21(27)14-29-22(28)20-10-7-16-5-2-3-6-19(16)25-20/h2-3,5-10,13H,4,12,14H2,1H3. The van der Waals surface area contributed by atoms with Crippen LogP contribution in [0, 0.1) is 18.3 Å². The SMILES string of the molecule is Cc1cc(N(CCC#N)C(=O)COC(=O)c2ccc3ccccc3n2)ccc1Cl. The number of aromatic nitrogens is 1. The van der Waals surface area contributed by atoms with Crippen molar-refractivity contribution < 1.29 is 14.3 Å². The molecule has 0 saturated heterocycles. The smallest absolute Gasteiger partial charge is 0.357 e. The second-order valence-corrected chi connectivity index (χ2v) is 6.76. The van der Waals surface area contributed by atoms with E-state index < -0.39 is 18.5 Å². The molecule has 6 nitrogen and oxygen atoms in total. The molecule has 2 aromatic carbocycles. The Morgan fingerprint density at radius 1 is 1.17 bits per heavy atom. The Morgan fingerprint density at radius 3 is 2.72 bits per heavy atom. The number of hydrogen-bond donors (Lipinski definition) is 0. The molecule has 0 N–H and O–H groups in total. The van der Waals surface area contributed by atoms with E-state index in [2.05, 4.69) is 4.98 Å². The van der Waals surface area contributed by atoms with Gasteiger partial charge in [-0.3, -0.25) is 4.79 Å². The van der Waals surface area contributed by atoms with Crippen LogP contribution < -0.4 is 4.90 Å². The lowest BCUT2D eigenvalue weighted by atomic mass is 10.2. The average Bonchev–Trinajstić information content (AvgIpc) is 2.74. The van der Waals surface area contributed by atoms with Gasteiger partial charge >= 0.3 is 5.97 Å². The van der Waals surface area contributed by atoms with Gasteiger partial charge in [-0.2, -0.15) is 5.26 Å². The van der Waals surface area contributed by atoms with Crippen LogP contribution in [-0.2, 0) is 9.53 Å². The largest absolute Gasteiger partial charge is 0.451 e. The minimum Gasteiger partial charge on any atom is -0.451 e. The summed E-state index contributed by atoms with van der Waals surface area (Å²) in [4.78, 5) is 30.7. The Labute approximate surface area is 173 Å². The van der Waals surface area contributed by atoms with Crippen molar-refractivity contribution in [3.05, 3.63) is 70.9 Å². The first-order valence-electron chi connectivity index (χ1n) is 8.96. The summed E-state index contributed by atoms with van der Waals surface area (Å²) in [6.07, 6.45) is 0.146. The monoisotopic (exact) mass is 407 g/mol. The number of esters is 1. The fraction of sp³-hybridized carbons (Fsp3) is 0.182. The van der Waals surface area contributed by atoms with Gasteiger partial charge in [0.15, 0.2) is 6.61 Å². The van der Waals surface area contributed by atoms with Gasteiger partial charge in [-0.25, -0.2) is 9.78 Å². The number of ether oxygens (including phenoxy) is 1. The lowest BCUT2D eigenvalue weighted by Crippen LogP contribution is -2.35. The average molecular weight is 408 g/mol. The van der Waals surface area contributed by atoms with Crippen molar-refractivity contribution in [2.24, 2.45) is 0 Å². The summed E-state index contributed by atoms with van der Waals surface area (Å²) in [5.74, 6) is -1.12. The Kier molecular flexibility index (Phi) is 6.43. The van der Waals surface area contributed by atoms with Crippen LogP contribution in [0.25, 0.3) is 10.9 Å². The molecule has 0 saturated carbocycles. The molecule has 0 unspecified atom stereocenters. The van der Waals surface area contributed by atoms with Crippen molar-refractivity contribution in [2.45, 2.75) is 13.3 Å². The van der Waals surface area contributed by atoms with Gasteiger partial charge in [0.2, 0.25) is 0 Å². The Balaban J connectivity index is 1.72. The van der Waals surface area contributed by atoms with E-state index in [1.165, 1.54) is 4.90 Å². The number of para-hydroxylation sites is 1. The molecule has 0 aliphatic carbocycles. The zero-order valence-electron chi connectivity index (χ0n) is 15.8. The highest BCUT2D eigenvalue weighted by atomic mass is 35.5. The van der Waals surface area contributed by atoms with Crippen LogP contribution in [0.1, 0.15) is 22.5 Å². The van der Waals surface area contributed by atoms with E-state index >= 15 is 0 Å². The summed E-state index contributed by atoms with van der Waals surface area (Å²) in [6.45, 7) is 1.55. The number of nitrogens with zero attached hydrogens (tertiary/aromatic N) is 3. The van der Waals surface area contributed by atoms with Gasteiger partial charge in [0.05, 0.1) is 18.0 Å². The zero-order valence-corrected chi connectivity index (χ0v) is 16.5. The van der Waals surface area contributed by atoms with Gasteiger partial charge in [0.25, 0.3) is 5.91 Å². The van der Waals surface area contributed by atoms with Crippen LogP contribution in [-0.4, -0.2) is 30.0 Å². The molecule has 7 heteroatoms. The van der Waals surface area contributed by atoms with Crippen molar-refractivity contribution in [3.63, 3.8) is 0 Å². The van der Waals surface area contributed by atoms with E-state index in [1.807, 2.05) is 31.2 Å². The predicted octanol–water partition coefficient (Wildman–Crippen LogP) is 4.30. The Morgan fingerprint density at radius 2 is 1.97 bits per heavy atom. The molecule has 0 bridgehead atoms. The van der Waals surface area contributed by atoms with E-state index in [-0.39, 0.29) is 18.7 Å². The van der Waals surface area contributed by atoms with E-state index in [9.17, 15) is 9.59 Å². The van der Waals surface area contributed by atoms with Gasteiger partial charge in [0.1, 0.15) is 5.69 Å². The fourth-order valence-electron chi connectivity index (χ4n) is 2.82. The topological polar surface area (TPSA) is 83.3 Å². The fourth-order valence-corrected chi connectivity index (χ4v) is 2.93. The van der Waals surface area contributed by atoms with Crippen molar-refractivity contribution in [3.8, 4) is 6.07 Å². The van der Waals surface area contributed by atoms with Crippen LogP contribution in [0.4, 0.5) is 5.69 Å². The summed E-state index contributed by atoms with van der Waals surface area (Å²) in [6, 6.07) is 17.9. The second-order valence-electron chi connectivity index (χ2n) is 6.35. The molecule has 0 radical (unpaired) electrons. The number of hydrogen-bond acceptors (Lipinski definition) is 5.